The van der Waals surface area contributed by atoms with Crippen LogP contribution in [0.4, 0.5) is 4.79 Å². The molecule has 2 aromatic carbocycles. The van der Waals surface area contributed by atoms with Gasteiger partial charge in [-0.05, 0) is 31.9 Å². The van der Waals surface area contributed by atoms with Gasteiger partial charge in [0, 0.05) is 5.75 Å². The number of benzene rings is 2. The van der Waals surface area contributed by atoms with Gasteiger partial charge < -0.3 is 24.8 Å². The van der Waals surface area contributed by atoms with Gasteiger partial charge in [-0.3, -0.25) is 9.59 Å². The topological polar surface area (TPSA) is 122 Å². The van der Waals surface area contributed by atoms with Gasteiger partial charge in [-0.1, -0.05) is 60.7 Å². The lowest BCUT2D eigenvalue weighted by atomic mass is 10.1. The summed E-state index contributed by atoms with van der Waals surface area (Å²) in [4.78, 5) is 52.2. The maximum Gasteiger partial charge on any atom is 0.408 e. The third-order valence-electron chi connectivity index (χ3n) is 5.22. The predicted molar refractivity (Wildman–Crippen MR) is 134 cm³/mol. The number of hydrogen-bond acceptors (Lipinski definition) is 7. The summed E-state index contributed by atoms with van der Waals surface area (Å²) in [5.41, 5.74) is 0.675. The maximum atomic E-state index is 13.7. The number of carboxylic acids is 1. The number of thioether (sulfide) groups is 1. The number of alkyl carbamates (subject to hydrolysis) is 1. The van der Waals surface area contributed by atoms with Gasteiger partial charge >= 0.3 is 18.0 Å². The van der Waals surface area contributed by atoms with Crippen molar-refractivity contribution in [2.24, 2.45) is 0 Å². The summed E-state index contributed by atoms with van der Waals surface area (Å²) < 4.78 is 10.6. The largest absolute Gasteiger partial charge is 0.480 e. The summed E-state index contributed by atoms with van der Waals surface area (Å²) >= 11 is 1.31. The summed E-state index contributed by atoms with van der Waals surface area (Å²) in [5.74, 6) is -2.42. The highest BCUT2D eigenvalue weighted by atomic mass is 32.2. The first-order chi connectivity index (χ1) is 17.0. The third-order valence-corrected chi connectivity index (χ3v) is 6.54. The monoisotopic (exact) mass is 514 g/mol. The first-order valence-corrected chi connectivity index (χ1v) is 12.5. The van der Waals surface area contributed by atoms with E-state index in [4.69, 9.17) is 9.47 Å². The highest BCUT2D eigenvalue weighted by Gasteiger charge is 2.45. The number of carboxylic acid groups (broad SMARTS) is 1. The number of amides is 2. The Morgan fingerprint density at radius 2 is 1.67 bits per heavy atom. The number of carbonyl (C=O) groups is 4. The van der Waals surface area contributed by atoms with Crippen molar-refractivity contribution in [2.45, 2.75) is 56.9 Å². The lowest BCUT2D eigenvalue weighted by Crippen LogP contribution is -2.53. The Kier molecular flexibility index (Phi) is 8.98. The summed E-state index contributed by atoms with van der Waals surface area (Å²) in [5, 5.41) is 11.7. The summed E-state index contributed by atoms with van der Waals surface area (Å²) in [7, 11) is 0. The molecule has 2 N–H and O–H groups in total. The van der Waals surface area contributed by atoms with E-state index in [1.54, 1.807) is 69.3 Å². The maximum absolute atomic E-state index is 13.7. The Balaban J connectivity index is 1.83. The van der Waals surface area contributed by atoms with E-state index < -0.39 is 53.4 Å². The Labute approximate surface area is 214 Å². The van der Waals surface area contributed by atoms with Crippen LogP contribution in [0.2, 0.25) is 0 Å². The van der Waals surface area contributed by atoms with Gasteiger partial charge in [0.15, 0.2) is 0 Å². The number of nitrogens with one attached hydrogen (secondary N) is 1. The lowest BCUT2D eigenvalue weighted by Gasteiger charge is -2.31. The summed E-state index contributed by atoms with van der Waals surface area (Å²) in [6.07, 6.45) is -1.39. The molecule has 1 aliphatic rings. The highest BCUT2D eigenvalue weighted by molar-refractivity contribution is 7.99. The molecule has 1 aliphatic heterocycles. The van der Waals surface area contributed by atoms with Gasteiger partial charge in [-0.15, -0.1) is 11.8 Å². The fourth-order valence-corrected chi connectivity index (χ4v) is 5.11. The van der Waals surface area contributed by atoms with Gasteiger partial charge in [0.1, 0.15) is 29.7 Å². The number of aliphatic carboxylic acids is 1. The molecule has 2 amide bonds. The van der Waals surface area contributed by atoms with Crippen LogP contribution in [0.15, 0.2) is 60.7 Å². The Morgan fingerprint density at radius 3 is 2.25 bits per heavy atom. The minimum Gasteiger partial charge on any atom is -0.480 e. The van der Waals surface area contributed by atoms with Crippen LogP contribution >= 0.6 is 11.8 Å². The molecular formula is C26H30N2O7S. The Morgan fingerprint density at radius 1 is 1.06 bits per heavy atom. The van der Waals surface area contributed by atoms with E-state index in [1.807, 2.05) is 12.1 Å². The molecule has 1 saturated heterocycles. The van der Waals surface area contributed by atoms with Crippen LogP contribution in [0.3, 0.4) is 0 Å². The third kappa shape index (κ3) is 7.48. The predicted octanol–water partition coefficient (Wildman–Crippen LogP) is 3.74. The second-order valence-electron chi connectivity index (χ2n) is 9.25. The van der Waals surface area contributed by atoms with Gasteiger partial charge in [0.05, 0.1) is 6.42 Å². The van der Waals surface area contributed by atoms with Crippen molar-refractivity contribution in [3.63, 3.8) is 0 Å². The molecule has 1 heterocycles. The summed E-state index contributed by atoms with van der Waals surface area (Å²) in [6.45, 7) is 5.02. The van der Waals surface area contributed by atoms with E-state index in [0.29, 0.717) is 0 Å². The number of ether oxygens (including phenoxy) is 2. The number of esters is 1. The van der Waals surface area contributed by atoms with Crippen LogP contribution in [0.1, 0.15) is 43.7 Å². The normalized spacial score (nSPS) is 18.2. The van der Waals surface area contributed by atoms with Gasteiger partial charge in [-0.2, -0.15) is 0 Å². The molecule has 3 atom stereocenters. The van der Waals surface area contributed by atoms with Crippen molar-refractivity contribution < 1.29 is 33.8 Å². The van der Waals surface area contributed by atoms with Crippen LogP contribution in [0, 0.1) is 0 Å². The van der Waals surface area contributed by atoms with E-state index in [0.717, 1.165) is 11.1 Å². The van der Waals surface area contributed by atoms with Crippen LogP contribution in [0.5, 0.6) is 0 Å². The molecule has 0 radical (unpaired) electrons. The molecule has 3 rings (SSSR count). The molecule has 1 fully saturated rings. The van der Waals surface area contributed by atoms with E-state index in [9.17, 15) is 24.3 Å². The SMILES string of the molecule is CC(C)(C)OC(=O)C[C@H](NC(=O)OCc1ccccc1)C(=O)N1C(c2ccccc2)SC[C@H]1C(=O)O. The van der Waals surface area contributed by atoms with Crippen molar-refractivity contribution in [3.05, 3.63) is 71.8 Å². The van der Waals surface area contributed by atoms with E-state index >= 15 is 0 Å². The number of hydrogen-bond donors (Lipinski definition) is 2. The minimum absolute atomic E-state index is 0.0377. The molecule has 0 aromatic heterocycles. The number of nitrogens with zero attached hydrogens (tertiary/aromatic N) is 1. The van der Waals surface area contributed by atoms with Crippen molar-refractivity contribution in [3.8, 4) is 0 Å². The molecule has 0 saturated carbocycles. The first kappa shape index (κ1) is 27.1. The average Bonchev–Trinajstić information content (AvgIpc) is 3.27. The van der Waals surface area contributed by atoms with E-state index in [-0.39, 0.29) is 12.4 Å². The quantitative estimate of drug-likeness (QED) is 0.511. The first-order valence-electron chi connectivity index (χ1n) is 11.5. The molecule has 0 bridgehead atoms. The standard InChI is InChI=1S/C26H30N2O7S/c1-26(2,3)35-21(29)14-19(27-25(33)34-15-17-10-6-4-7-11-17)22(30)28-20(24(31)32)16-36-23(28)18-12-8-5-9-13-18/h4-13,19-20,23H,14-16H2,1-3H3,(H,27,33)(H,31,32)/t19-,20-,23?/m0/s1. The second kappa shape index (κ2) is 11.9. The van der Waals surface area contributed by atoms with Crippen molar-refractivity contribution >= 4 is 35.7 Å². The van der Waals surface area contributed by atoms with Crippen LogP contribution in [-0.4, -0.2) is 57.4 Å². The zero-order chi connectivity index (χ0) is 26.3. The lowest BCUT2D eigenvalue weighted by molar-refractivity contribution is -0.158. The van der Waals surface area contributed by atoms with Crippen LogP contribution < -0.4 is 5.32 Å². The molecule has 192 valence electrons. The fourth-order valence-electron chi connectivity index (χ4n) is 3.68. The average molecular weight is 515 g/mol. The molecule has 36 heavy (non-hydrogen) atoms. The highest BCUT2D eigenvalue weighted by Crippen LogP contribution is 2.41. The van der Waals surface area contributed by atoms with Gasteiger partial charge in [0.2, 0.25) is 5.91 Å². The Bertz CT molecular complexity index is 1070. The molecule has 2 aromatic rings. The number of carbonyl (C=O) groups excluding carboxylic acids is 3. The zero-order valence-corrected chi connectivity index (χ0v) is 21.2. The van der Waals surface area contributed by atoms with Gasteiger partial charge in [0.25, 0.3) is 0 Å². The summed E-state index contributed by atoms with van der Waals surface area (Å²) in [6, 6.07) is 15.5. The van der Waals surface area contributed by atoms with Crippen LogP contribution in [-0.2, 0) is 30.5 Å². The van der Waals surface area contributed by atoms with E-state index in [2.05, 4.69) is 5.32 Å². The molecule has 0 aliphatic carbocycles. The fraction of sp³-hybridized carbons (Fsp3) is 0.385. The van der Waals surface area contributed by atoms with E-state index in [1.165, 1.54) is 16.7 Å². The molecule has 9 nitrogen and oxygen atoms in total. The van der Waals surface area contributed by atoms with Gasteiger partial charge in [-0.25, -0.2) is 9.59 Å². The molecule has 0 spiro atoms. The zero-order valence-electron chi connectivity index (χ0n) is 20.4. The van der Waals surface area contributed by atoms with Crippen LogP contribution in [0.25, 0.3) is 0 Å². The number of rotatable bonds is 8. The second-order valence-corrected chi connectivity index (χ2v) is 10.4. The van der Waals surface area contributed by atoms with Crippen molar-refractivity contribution in [1.29, 1.82) is 0 Å². The molecule has 10 heteroatoms. The Hall–Kier alpha value is -3.53. The van der Waals surface area contributed by atoms with Crippen molar-refractivity contribution in [1.82, 2.24) is 10.2 Å². The molecular weight excluding hydrogens is 484 g/mol. The molecule has 1 unspecified atom stereocenters. The minimum atomic E-state index is -1.38. The van der Waals surface area contributed by atoms with Crippen molar-refractivity contribution in [2.75, 3.05) is 5.75 Å². The smallest absolute Gasteiger partial charge is 0.408 e.